The van der Waals surface area contributed by atoms with Crippen LogP contribution in [0, 0.1) is 0 Å². The number of ether oxygens (including phenoxy) is 3. The van der Waals surface area contributed by atoms with Crippen molar-refractivity contribution in [3.8, 4) is 45.8 Å². The average molecular weight is 549 g/mol. The van der Waals surface area contributed by atoms with Crippen LogP contribution >= 0.6 is 0 Å². The Hall–Kier alpha value is -4.41. The highest BCUT2D eigenvalue weighted by molar-refractivity contribution is 5.89. The molecule has 2 heterocycles. The first-order chi connectivity index (χ1) is 19.3. The summed E-state index contributed by atoms with van der Waals surface area (Å²) >= 11 is 0. The molecule has 10 nitrogen and oxygen atoms in total. The van der Waals surface area contributed by atoms with Crippen molar-refractivity contribution >= 4 is 11.0 Å². The number of fused-ring (bicyclic) bond motifs is 1. The van der Waals surface area contributed by atoms with Crippen molar-refractivity contribution in [2.45, 2.75) is 13.1 Å². The van der Waals surface area contributed by atoms with E-state index in [0.717, 1.165) is 18.7 Å². The minimum absolute atomic E-state index is 0.0227. The minimum Gasteiger partial charge on any atom is -0.508 e. The van der Waals surface area contributed by atoms with Crippen LogP contribution in [-0.4, -0.2) is 72.6 Å². The molecule has 1 aliphatic heterocycles. The number of benzene rings is 3. The van der Waals surface area contributed by atoms with Crippen LogP contribution in [0.3, 0.4) is 0 Å². The van der Waals surface area contributed by atoms with Gasteiger partial charge in [-0.1, -0.05) is 6.07 Å². The van der Waals surface area contributed by atoms with E-state index in [2.05, 4.69) is 9.80 Å². The smallest absolute Gasteiger partial charge is 0.203 e. The highest BCUT2D eigenvalue weighted by Gasteiger charge is 2.24. The molecular formula is C30H32N2O8. The van der Waals surface area contributed by atoms with E-state index in [4.69, 9.17) is 18.6 Å². The van der Waals surface area contributed by atoms with Gasteiger partial charge in [0.2, 0.25) is 5.75 Å². The summed E-state index contributed by atoms with van der Waals surface area (Å²) in [6.07, 6.45) is 0. The summed E-state index contributed by atoms with van der Waals surface area (Å²) in [6.45, 7) is 3.93. The second kappa shape index (κ2) is 11.4. The summed E-state index contributed by atoms with van der Waals surface area (Å²) < 4.78 is 22.6. The lowest BCUT2D eigenvalue weighted by atomic mass is 10.1. The summed E-state index contributed by atoms with van der Waals surface area (Å²) in [4.78, 5) is 17.4. The molecule has 3 N–H and O–H groups in total. The third kappa shape index (κ3) is 5.23. The van der Waals surface area contributed by atoms with Crippen molar-refractivity contribution in [1.29, 1.82) is 0 Å². The average Bonchev–Trinajstić information content (AvgIpc) is 2.95. The van der Waals surface area contributed by atoms with Crippen molar-refractivity contribution in [3.63, 3.8) is 0 Å². The van der Waals surface area contributed by atoms with Gasteiger partial charge in [0.05, 0.1) is 26.9 Å². The zero-order chi connectivity index (χ0) is 28.4. The Morgan fingerprint density at radius 3 is 2.05 bits per heavy atom. The molecular weight excluding hydrogens is 516 g/mol. The summed E-state index contributed by atoms with van der Waals surface area (Å²) in [6, 6.07) is 12.6. The SMILES string of the molecule is COc1ccc(CN2CCN(Cc3c(O)cc(O)c4c(=O)cc(-c5ccc(O)cc5)oc34)CC2)c(OC)c1OC. The lowest BCUT2D eigenvalue weighted by Gasteiger charge is -2.35. The van der Waals surface area contributed by atoms with Gasteiger partial charge in [-0.25, -0.2) is 0 Å². The Morgan fingerprint density at radius 2 is 1.43 bits per heavy atom. The zero-order valence-electron chi connectivity index (χ0n) is 22.6. The third-order valence-corrected chi connectivity index (χ3v) is 7.24. The van der Waals surface area contributed by atoms with Gasteiger partial charge in [0.25, 0.3) is 0 Å². The largest absolute Gasteiger partial charge is 0.508 e. The molecule has 40 heavy (non-hydrogen) atoms. The molecule has 1 saturated heterocycles. The van der Waals surface area contributed by atoms with Gasteiger partial charge in [-0.15, -0.1) is 0 Å². The molecule has 0 aliphatic carbocycles. The van der Waals surface area contributed by atoms with E-state index in [1.807, 2.05) is 12.1 Å². The standard InChI is InChI=1S/C30H32N2O8/c1-37-25-9-6-19(28(38-2)30(25)39-3)16-31-10-12-32(13-11-31)17-21-22(34)14-23(35)27-24(36)15-26(40-29(21)27)18-4-7-20(33)8-5-18/h4-9,14-15,33-35H,10-13,16-17H2,1-3H3. The minimum atomic E-state index is -0.420. The lowest BCUT2D eigenvalue weighted by Crippen LogP contribution is -2.45. The van der Waals surface area contributed by atoms with Crippen molar-refractivity contribution in [2.75, 3.05) is 47.5 Å². The van der Waals surface area contributed by atoms with Gasteiger partial charge < -0.3 is 33.9 Å². The third-order valence-electron chi connectivity index (χ3n) is 7.24. The molecule has 1 fully saturated rings. The number of hydrogen-bond acceptors (Lipinski definition) is 10. The van der Waals surface area contributed by atoms with Crippen LogP contribution < -0.4 is 19.6 Å². The number of hydrogen-bond donors (Lipinski definition) is 3. The monoisotopic (exact) mass is 548 g/mol. The molecule has 10 heteroatoms. The normalized spacial score (nSPS) is 14.4. The summed E-state index contributed by atoms with van der Waals surface area (Å²) in [5.74, 6) is 1.69. The predicted octanol–water partition coefficient (Wildman–Crippen LogP) is 3.92. The van der Waals surface area contributed by atoms with Crippen LogP contribution in [-0.2, 0) is 13.1 Å². The number of rotatable bonds is 8. The Bertz CT molecular complexity index is 1570. The van der Waals surface area contributed by atoms with Gasteiger partial charge in [-0.3, -0.25) is 14.6 Å². The van der Waals surface area contributed by atoms with E-state index < -0.39 is 5.43 Å². The Morgan fingerprint density at radius 1 is 0.775 bits per heavy atom. The quantitative estimate of drug-likeness (QED) is 0.298. The van der Waals surface area contributed by atoms with Crippen molar-refractivity contribution in [2.24, 2.45) is 0 Å². The number of nitrogens with zero attached hydrogens (tertiary/aromatic N) is 2. The van der Waals surface area contributed by atoms with Crippen LogP contribution in [0.25, 0.3) is 22.3 Å². The molecule has 0 atom stereocenters. The zero-order valence-corrected chi connectivity index (χ0v) is 22.6. The van der Waals surface area contributed by atoms with Gasteiger partial charge in [0.15, 0.2) is 22.5 Å². The predicted molar refractivity (Wildman–Crippen MR) is 150 cm³/mol. The van der Waals surface area contributed by atoms with E-state index >= 15 is 0 Å². The fourth-order valence-corrected chi connectivity index (χ4v) is 5.13. The highest BCUT2D eigenvalue weighted by Crippen LogP contribution is 2.40. The second-order valence-corrected chi connectivity index (χ2v) is 9.67. The van der Waals surface area contributed by atoms with Gasteiger partial charge in [-0.05, 0) is 30.3 Å². The van der Waals surface area contributed by atoms with Gasteiger partial charge in [0, 0.05) is 62.5 Å². The number of methoxy groups -OCH3 is 3. The summed E-state index contributed by atoms with van der Waals surface area (Å²) in [5.41, 5.74) is 1.73. The van der Waals surface area contributed by atoms with E-state index in [0.29, 0.717) is 54.6 Å². The molecule has 0 saturated carbocycles. The molecule has 1 aromatic heterocycles. The Labute approximate surface area is 231 Å². The maximum Gasteiger partial charge on any atom is 0.203 e. The number of piperazine rings is 1. The summed E-state index contributed by atoms with van der Waals surface area (Å²) in [7, 11) is 4.78. The fraction of sp³-hybridized carbons (Fsp3) is 0.300. The lowest BCUT2D eigenvalue weighted by molar-refractivity contribution is 0.120. The molecule has 1 aliphatic rings. The summed E-state index contributed by atoms with van der Waals surface area (Å²) in [5, 5.41) is 30.9. The van der Waals surface area contributed by atoms with Crippen LogP contribution in [0.5, 0.6) is 34.5 Å². The van der Waals surface area contributed by atoms with Crippen molar-refractivity contribution in [1.82, 2.24) is 9.80 Å². The van der Waals surface area contributed by atoms with Crippen molar-refractivity contribution < 1.29 is 33.9 Å². The molecule has 0 amide bonds. The van der Waals surface area contributed by atoms with Gasteiger partial charge >= 0.3 is 0 Å². The number of phenolic OH excluding ortho intramolecular Hbond substituents is 3. The van der Waals surface area contributed by atoms with Crippen LogP contribution in [0.1, 0.15) is 11.1 Å². The van der Waals surface area contributed by atoms with E-state index in [-0.39, 0.29) is 34.0 Å². The second-order valence-electron chi connectivity index (χ2n) is 9.67. The first kappa shape index (κ1) is 27.2. The van der Waals surface area contributed by atoms with E-state index in [1.165, 1.54) is 24.3 Å². The van der Waals surface area contributed by atoms with Gasteiger partial charge in [-0.2, -0.15) is 0 Å². The molecule has 0 spiro atoms. The van der Waals surface area contributed by atoms with Gasteiger partial charge in [0.1, 0.15) is 28.4 Å². The number of aromatic hydroxyl groups is 3. The van der Waals surface area contributed by atoms with Crippen LogP contribution in [0.2, 0.25) is 0 Å². The van der Waals surface area contributed by atoms with E-state index in [1.54, 1.807) is 33.5 Å². The maximum absolute atomic E-state index is 13.0. The molecule has 4 aromatic rings. The molecule has 210 valence electrons. The molecule has 0 unspecified atom stereocenters. The molecule has 3 aromatic carbocycles. The Kier molecular flexibility index (Phi) is 7.72. The topological polar surface area (TPSA) is 125 Å². The first-order valence-electron chi connectivity index (χ1n) is 12.9. The van der Waals surface area contributed by atoms with Crippen LogP contribution in [0.4, 0.5) is 0 Å². The molecule has 5 rings (SSSR count). The highest BCUT2D eigenvalue weighted by atomic mass is 16.5. The number of phenols is 3. The van der Waals surface area contributed by atoms with Crippen LogP contribution in [0.15, 0.2) is 57.7 Å². The Balaban J connectivity index is 1.36. The van der Waals surface area contributed by atoms with Crippen molar-refractivity contribution in [3.05, 3.63) is 69.9 Å². The maximum atomic E-state index is 13.0. The van der Waals surface area contributed by atoms with E-state index in [9.17, 15) is 20.1 Å². The molecule has 0 radical (unpaired) electrons. The molecule has 0 bridgehead atoms. The first-order valence-corrected chi connectivity index (χ1v) is 12.9. The fourth-order valence-electron chi connectivity index (χ4n) is 5.13.